The molecule has 24 heavy (non-hydrogen) atoms. The first-order valence-electron chi connectivity index (χ1n) is 8.14. The van der Waals surface area contributed by atoms with Crippen LogP contribution >= 0.6 is 0 Å². The van der Waals surface area contributed by atoms with E-state index in [4.69, 9.17) is 5.26 Å². The zero-order chi connectivity index (χ0) is 17.2. The quantitative estimate of drug-likeness (QED) is 0.926. The third-order valence-electron chi connectivity index (χ3n) is 4.50. The third kappa shape index (κ3) is 3.50. The maximum Gasteiger partial charge on any atom is 0.241 e. The lowest BCUT2D eigenvalue weighted by Gasteiger charge is -2.20. The van der Waals surface area contributed by atoms with Gasteiger partial charge in [0, 0.05) is 6.04 Å². The molecule has 1 aliphatic carbocycles. The monoisotopic (exact) mass is 340 g/mol. The van der Waals surface area contributed by atoms with Gasteiger partial charge in [-0.25, -0.2) is 13.1 Å². The van der Waals surface area contributed by atoms with Crippen molar-refractivity contribution >= 4 is 10.0 Å². The van der Waals surface area contributed by atoms with Crippen molar-refractivity contribution in [2.24, 2.45) is 0 Å². The topological polar surface area (TPSA) is 70.0 Å². The summed E-state index contributed by atoms with van der Waals surface area (Å²) in [5.74, 6) is 0. The molecule has 0 spiro atoms. The normalized spacial score (nSPS) is 15.3. The van der Waals surface area contributed by atoms with Gasteiger partial charge < -0.3 is 0 Å². The maximum absolute atomic E-state index is 12.5. The minimum absolute atomic E-state index is 0.173. The standard InChI is InChI=1S/C19H20N2O2S/c1-14(17-9-8-16-4-2-3-5-18(16)12-17)21-24(22,23)19-10-6-15(13-20)7-11-19/h6-12,14,21H,2-5H2,1H3/t14-/m1/s1. The highest BCUT2D eigenvalue weighted by molar-refractivity contribution is 7.89. The Morgan fingerprint density at radius 2 is 1.71 bits per heavy atom. The molecule has 0 heterocycles. The Morgan fingerprint density at radius 3 is 2.38 bits per heavy atom. The lowest BCUT2D eigenvalue weighted by atomic mass is 9.89. The Hall–Kier alpha value is -2.16. The molecule has 0 aliphatic heterocycles. The number of sulfonamides is 1. The Bertz CT molecular complexity index is 881. The number of benzene rings is 2. The number of aryl methyl sites for hydroxylation is 2. The van der Waals surface area contributed by atoms with Crippen LogP contribution in [0.4, 0.5) is 0 Å². The van der Waals surface area contributed by atoms with Gasteiger partial charge in [0.1, 0.15) is 0 Å². The van der Waals surface area contributed by atoms with Gasteiger partial charge in [0.15, 0.2) is 0 Å². The molecule has 1 N–H and O–H groups in total. The highest BCUT2D eigenvalue weighted by atomic mass is 32.2. The molecule has 0 saturated heterocycles. The van der Waals surface area contributed by atoms with Crippen LogP contribution in [0.1, 0.15) is 48.1 Å². The minimum atomic E-state index is -3.61. The summed E-state index contributed by atoms with van der Waals surface area (Å²) in [6.07, 6.45) is 4.61. The van der Waals surface area contributed by atoms with E-state index in [2.05, 4.69) is 16.9 Å². The third-order valence-corrected chi connectivity index (χ3v) is 6.05. The van der Waals surface area contributed by atoms with Crippen molar-refractivity contribution in [1.29, 1.82) is 5.26 Å². The number of nitrogens with zero attached hydrogens (tertiary/aromatic N) is 1. The summed E-state index contributed by atoms with van der Waals surface area (Å²) in [7, 11) is -3.61. The van der Waals surface area contributed by atoms with Crippen molar-refractivity contribution in [2.45, 2.75) is 43.5 Å². The summed E-state index contributed by atoms with van der Waals surface area (Å²) in [5, 5.41) is 8.81. The first-order valence-corrected chi connectivity index (χ1v) is 9.62. The summed E-state index contributed by atoms with van der Waals surface area (Å²) >= 11 is 0. The van der Waals surface area contributed by atoms with Gasteiger partial charge >= 0.3 is 0 Å². The van der Waals surface area contributed by atoms with Crippen molar-refractivity contribution in [3.8, 4) is 6.07 Å². The first-order chi connectivity index (χ1) is 11.5. The zero-order valence-electron chi connectivity index (χ0n) is 13.6. The lowest BCUT2D eigenvalue weighted by Crippen LogP contribution is -2.27. The molecule has 0 saturated carbocycles. The molecule has 4 nitrogen and oxygen atoms in total. The molecule has 0 amide bonds. The SMILES string of the molecule is C[C@@H](NS(=O)(=O)c1ccc(C#N)cc1)c1ccc2c(c1)CCCC2. The van der Waals surface area contributed by atoms with Crippen LogP contribution in [0.25, 0.3) is 0 Å². The van der Waals surface area contributed by atoms with Crippen LogP contribution in [0.3, 0.4) is 0 Å². The maximum atomic E-state index is 12.5. The van der Waals surface area contributed by atoms with Crippen LogP contribution in [-0.2, 0) is 22.9 Å². The van der Waals surface area contributed by atoms with Crippen LogP contribution < -0.4 is 4.72 Å². The fourth-order valence-electron chi connectivity index (χ4n) is 3.10. The molecule has 0 aromatic heterocycles. The van der Waals surface area contributed by atoms with Crippen LogP contribution in [0.15, 0.2) is 47.4 Å². The second-order valence-electron chi connectivity index (χ2n) is 6.21. The molecule has 1 aliphatic rings. The van der Waals surface area contributed by atoms with E-state index in [-0.39, 0.29) is 10.9 Å². The molecule has 0 radical (unpaired) electrons. The van der Waals surface area contributed by atoms with E-state index in [0.717, 1.165) is 18.4 Å². The summed E-state index contributed by atoms with van der Waals surface area (Å²) in [6.45, 7) is 1.85. The van der Waals surface area contributed by atoms with Crippen molar-refractivity contribution in [2.75, 3.05) is 0 Å². The van der Waals surface area contributed by atoms with Crippen LogP contribution in [0.2, 0.25) is 0 Å². The molecular weight excluding hydrogens is 320 g/mol. The van der Waals surface area contributed by atoms with Crippen molar-refractivity contribution in [3.63, 3.8) is 0 Å². The van der Waals surface area contributed by atoms with E-state index in [1.807, 2.05) is 19.1 Å². The second-order valence-corrected chi connectivity index (χ2v) is 7.93. The zero-order valence-corrected chi connectivity index (χ0v) is 14.4. The fraction of sp³-hybridized carbons (Fsp3) is 0.316. The van der Waals surface area contributed by atoms with Crippen molar-refractivity contribution in [1.82, 2.24) is 4.72 Å². The number of hydrogen-bond acceptors (Lipinski definition) is 3. The average molecular weight is 340 g/mol. The first kappa shape index (κ1) is 16.7. The molecule has 0 bridgehead atoms. The van der Waals surface area contributed by atoms with Gasteiger partial charge in [-0.15, -0.1) is 0 Å². The van der Waals surface area contributed by atoms with Crippen molar-refractivity contribution in [3.05, 3.63) is 64.7 Å². The number of nitrogens with one attached hydrogen (secondary N) is 1. The Kier molecular flexibility index (Phi) is 4.70. The van der Waals surface area contributed by atoms with E-state index >= 15 is 0 Å². The van der Waals surface area contributed by atoms with Gasteiger partial charge in [-0.3, -0.25) is 0 Å². The van der Waals surface area contributed by atoms with Gasteiger partial charge in [-0.2, -0.15) is 5.26 Å². The van der Waals surface area contributed by atoms with Gasteiger partial charge in [-0.1, -0.05) is 18.2 Å². The largest absolute Gasteiger partial charge is 0.241 e. The number of nitriles is 1. The van der Waals surface area contributed by atoms with Crippen molar-refractivity contribution < 1.29 is 8.42 Å². The molecule has 1 atom stereocenters. The second kappa shape index (κ2) is 6.76. The van der Waals surface area contributed by atoms with E-state index < -0.39 is 10.0 Å². The van der Waals surface area contributed by atoms with E-state index in [1.54, 1.807) is 0 Å². The Labute approximate surface area is 143 Å². The molecule has 2 aromatic carbocycles. The summed E-state index contributed by atoms with van der Waals surface area (Å²) in [4.78, 5) is 0.173. The number of fused-ring (bicyclic) bond motifs is 1. The number of hydrogen-bond donors (Lipinski definition) is 1. The molecule has 3 rings (SSSR count). The highest BCUT2D eigenvalue weighted by Gasteiger charge is 2.19. The minimum Gasteiger partial charge on any atom is -0.207 e. The lowest BCUT2D eigenvalue weighted by molar-refractivity contribution is 0.566. The van der Waals surface area contributed by atoms with E-state index in [1.165, 1.54) is 48.2 Å². The molecule has 2 aromatic rings. The average Bonchev–Trinajstić information content (AvgIpc) is 2.61. The molecule has 0 fully saturated rings. The Morgan fingerprint density at radius 1 is 1.04 bits per heavy atom. The molecule has 5 heteroatoms. The highest BCUT2D eigenvalue weighted by Crippen LogP contribution is 2.25. The van der Waals surface area contributed by atoms with Crippen LogP contribution in [0, 0.1) is 11.3 Å². The number of rotatable bonds is 4. The van der Waals surface area contributed by atoms with E-state index in [0.29, 0.717) is 5.56 Å². The van der Waals surface area contributed by atoms with Gasteiger partial charge in [0.2, 0.25) is 10.0 Å². The van der Waals surface area contributed by atoms with Gasteiger partial charge in [0.25, 0.3) is 0 Å². The Balaban J connectivity index is 1.80. The van der Waals surface area contributed by atoms with Gasteiger partial charge in [0.05, 0.1) is 16.5 Å². The smallest absolute Gasteiger partial charge is 0.207 e. The predicted octanol–water partition coefficient (Wildman–Crippen LogP) is 3.48. The van der Waals surface area contributed by atoms with Crippen LogP contribution in [-0.4, -0.2) is 8.42 Å². The van der Waals surface area contributed by atoms with Crippen LogP contribution in [0.5, 0.6) is 0 Å². The molecule has 124 valence electrons. The molecular formula is C19H20N2O2S. The van der Waals surface area contributed by atoms with E-state index in [9.17, 15) is 8.42 Å². The summed E-state index contributed by atoms with van der Waals surface area (Å²) in [6, 6.07) is 13.9. The fourth-order valence-corrected chi connectivity index (χ4v) is 4.33. The summed E-state index contributed by atoms with van der Waals surface area (Å²) < 4.78 is 27.7. The predicted molar refractivity (Wildman–Crippen MR) is 93.0 cm³/mol. The molecule has 0 unspecified atom stereocenters. The summed E-state index contributed by atoms with van der Waals surface area (Å²) in [5.41, 5.74) is 4.14. The van der Waals surface area contributed by atoms with Gasteiger partial charge in [-0.05, 0) is 73.6 Å².